The van der Waals surface area contributed by atoms with Gasteiger partial charge in [0.25, 0.3) is 0 Å². The molecule has 0 spiro atoms. The minimum atomic E-state index is -0.399. The first-order valence-electron chi connectivity index (χ1n) is 8.02. The lowest BCUT2D eigenvalue weighted by Crippen LogP contribution is -2.35. The Morgan fingerprint density at radius 3 is 2.88 bits per heavy atom. The molecule has 0 bridgehead atoms. The molecule has 1 aliphatic rings. The lowest BCUT2D eigenvalue weighted by molar-refractivity contribution is 0.232. The van der Waals surface area contributed by atoms with Gasteiger partial charge in [0, 0.05) is 29.1 Å². The zero-order valence-electron chi connectivity index (χ0n) is 13.3. The van der Waals surface area contributed by atoms with E-state index in [4.69, 9.17) is 9.15 Å². The standard InChI is InChI=1S/C19H16N2O4/c22-18-8-5-12-11-13(6-7-16(12)25-18)20-19(23)21-15-9-10-24-17-4-2-1-3-14(15)17/h1-8,11,15H,9-10H2,(H2,20,21,23)/t15-/m0/s1. The van der Waals surface area contributed by atoms with Gasteiger partial charge in [-0.2, -0.15) is 0 Å². The molecule has 3 aromatic rings. The number of nitrogens with one attached hydrogen (secondary N) is 2. The Labute approximate surface area is 143 Å². The van der Waals surface area contributed by atoms with Gasteiger partial charge in [-0.3, -0.25) is 0 Å². The fourth-order valence-electron chi connectivity index (χ4n) is 2.97. The van der Waals surface area contributed by atoms with E-state index in [1.165, 1.54) is 6.07 Å². The third-order valence-electron chi connectivity index (χ3n) is 4.14. The lowest BCUT2D eigenvalue weighted by atomic mass is 10.0. The lowest BCUT2D eigenvalue weighted by Gasteiger charge is -2.26. The van der Waals surface area contributed by atoms with Crippen molar-refractivity contribution in [1.29, 1.82) is 0 Å². The van der Waals surface area contributed by atoms with Crippen molar-refractivity contribution in [3.8, 4) is 5.75 Å². The van der Waals surface area contributed by atoms with Gasteiger partial charge in [-0.25, -0.2) is 9.59 Å². The molecule has 1 aromatic heterocycles. The monoisotopic (exact) mass is 336 g/mol. The topological polar surface area (TPSA) is 80.6 Å². The van der Waals surface area contributed by atoms with E-state index in [2.05, 4.69) is 10.6 Å². The molecule has 0 saturated carbocycles. The summed E-state index contributed by atoms with van der Waals surface area (Å²) in [5, 5.41) is 6.54. The van der Waals surface area contributed by atoms with E-state index in [0.29, 0.717) is 24.3 Å². The summed E-state index contributed by atoms with van der Waals surface area (Å²) in [6.07, 6.45) is 0.716. The zero-order chi connectivity index (χ0) is 17.2. The number of para-hydroxylation sites is 1. The fourth-order valence-corrected chi connectivity index (χ4v) is 2.97. The summed E-state index contributed by atoms with van der Waals surface area (Å²) in [6, 6.07) is 15.4. The van der Waals surface area contributed by atoms with Crippen LogP contribution in [0.15, 0.2) is 63.8 Å². The van der Waals surface area contributed by atoms with Crippen LogP contribution < -0.4 is 21.0 Å². The largest absolute Gasteiger partial charge is 0.493 e. The summed E-state index contributed by atoms with van der Waals surface area (Å²) >= 11 is 0. The third kappa shape index (κ3) is 3.19. The molecule has 2 aromatic carbocycles. The van der Waals surface area contributed by atoms with Gasteiger partial charge in [-0.05, 0) is 30.3 Å². The van der Waals surface area contributed by atoms with Crippen molar-refractivity contribution < 1.29 is 13.9 Å². The number of fused-ring (bicyclic) bond motifs is 2. The molecule has 2 amide bonds. The van der Waals surface area contributed by atoms with Crippen LogP contribution in [0.4, 0.5) is 10.5 Å². The number of hydrogen-bond donors (Lipinski definition) is 2. The highest BCUT2D eigenvalue weighted by molar-refractivity contribution is 5.92. The van der Waals surface area contributed by atoms with Crippen LogP contribution in [0.2, 0.25) is 0 Å². The van der Waals surface area contributed by atoms with E-state index in [0.717, 1.165) is 16.7 Å². The van der Waals surface area contributed by atoms with Gasteiger partial charge in [0.05, 0.1) is 12.6 Å². The first-order chi connectivity index (χ1) is 12.2. The van der Waals surface area contributed by atoms with Crippen LogP contribution in [0.25, 0.3) is 11.0 Å². The van der Waals surface area contributed by atoms with Crippen LogP contribution in [0.5, 0.6) is 5.75 Å². The number of ether oxygens (including phenoxy) is 1. The Morgan fingerprint density at radius 2 is 1.96 bits per heavy atom. The number of benzene rings is 2. The van der Waals surface area contributed by atoms with Crippen molar-refractivity contribution in [3.05, 3.63) is 70.6 Å². The second kappa shape index (κ2) is 6.32. The van der Waals surface area contributed by atoms with Crippen LogP contribution in [-0.2, 0) is 0 Å². The Hall–Kier alpha value is -3.28. The number of carbonyl (C=O) groups excluding carboxylic acids is 1. The zero-order valence-corrected chi connectivity index (χ0v) is 13.3. The summed E-state index contributed by atoms with van der Waals surface area (Å²) in [5.74, 6) is 0.805. The van der Waals surface area contributed by atoms with Crippen LogP contribution in [0.1, 0.15) is 18.0 Å². The molecule has 126 valence electrons. The van der Waals surface area contributed by atoms with Gasteiger partial charge in [-0.1, -0.05) is 18.2 Å². The maximum atomic E-state index is 12.3. The molecule has 0 aliphatic carbocycles. The van der Waals surface area contributed by atoms with Crippen molar-refractivity contribution in [2.75, 3.05) is 11.9 Å². The van der Waals surface area contributed by atoms with Gasteiger partial charge in [0.15, 0.2) is 0 Å². The highest BCUT2D eigenvalue weighted by atomic mass is 16.5. The van der Waals surface area contributed by atoms with Crippen molar-refractivity contribution in [3.63, 3.8) is 0 Å². The minimum Gasteiger partial charge on any atom is -0.493 e. The molecule has 2 heterocycles. The van der Waals surface area contributed by atoms with Gasteiger partial charge in [0.1, 0.15) is 11.3 Å². The number of rotatable bonds is 2. The summed E-state index contributed by atoms with van der Waals surface area (Å²) < 4.78 is 10.7. The van der Waals surface area contributed by atoms with E-state index >= 15 is 0 Å². The summed E-state index contributed by atoms with van der Waals surface area (Å²) in [7, 11) is 0. The van der Waals surface area contributed by atoms with Crippen LogP contribution in [0, 0.1) is 0 Å². The summed E-state index contributed by atoms with van der Waals surface area (Å²) in [6.45, 7) is 0.566. The third-order valence-corrected chi connectivity index (χ3v) is 4.14. The molecule has 0 radical (unpaired) electrons. The summed E-state index contributed by atoms with van der Waals surface area (Å²) in [5.41, 5.74) is 1.68. The van der Waals surface area contributed by atoms with Gasteiger partial charge in [-0.15, -0.1) is 0 Å². The normalized spacial score (nSPS) is 15.9. The average Bonchev–Trinajstić information content (AvgIpc) is 2.62. The first-order valence-corrected chi connectivity index (χ1v) is 8.02. The fraction of sp³-hybridized carbons (Fsp3) is 0.158. The van der Waals surface area contributed by atoms with Crippen molar-refractivity contribution in [2.24, 2.45) is 0 Å². The Morgan fingerprint density at radius 1 is 1.08 bits per heavy atom. The smallest absolute Gasteiger partial charge is 0.336 e. The predicted molar refractivity (Wildman–Crippen MR) is 93.9 cm³/mol. The van der Waals surface area contributed by atoms with E-state index in [9.17, 15) is 9.59 Å². The highest BCUT2D eigenvalue weighted by Gasteiger charge is 2.22. The molecule has 0 unspecified atom stereocenters. The van der Waals surface area contributed by atoms with Gasteiger partial charge >= 0.3 is 11.7 Å². The minimum absolute atomic E-state index is 0.0940. The number of hydrogen-bond acceptors (Lipinski definition) is 4. The maximum Gasteiger partial charge on any atom is 0.336 e. The van der Waals surface area contributed by atoms with Crippen molar-refractivity contribution >= 4 is 22.7 Å². The Balaban J connectivity index is 1.49. The second-order valence-corrected chi connectivity index (χ2v) is 5.83. The van der Waals surface area contributed by atoms with Crippen LogP contribution in [-0.4, -0.2) is 12.6 Å². The molecule has 4 rings (SSSR count). The molecular formula is C19H16N2O4. The van der Waals surface area contributed by atoms with Crippen molar-refractivity contribution in [1.82, 2.24) is 5.32 Å². The number of carbonyl (C=O) groups is 1. The van der Waals surface area contributed by atoms with E-state index < -0.39 is 5.63 Å². The molecular weight excluding hydrogens is 320 g/mol. The maximum absolute atomic E-state index is 12.3. The predicted octanol–water partition coefficient (Wildman–Crippen LogP) is 3.44. The molecule has 1 atom stereocenters. The molecule has 2 N–H and O–H groups in total. The van der Waals surface area contributed by atoms with E-state index in [-0.39, 0.29) is 12.1 Å². The highest BCUT2D eigenvalue weighted by Crippen LogP contribution is 2.31. The molecule has 6 heteroatoms. The van der Waals surface area contributed by atoms with Gasteiger partial charge in [0.2, 0.25) is 0 Å². The number of amides is 2. The SMILES string of the molecule is O=C(Nc1ccc2oc(=O)ccc2c1)N[C@H]1CCOc2ccccc21. The number of anilines is 1. The van der Waals surface area contributed by atoms with Crippen molar-refractivity contribution in [2.45, 2.75) is 12.5 Å². The summed E-state index contributed by atoms with van der Waals surface area (Å²) in [4.78, 5) is 23.6. The molecule has 6 nitrogen and oxygen atoms in total. The van der Waals surface area contributed by atoms with Crippen LogP contribution in [0.3, 0.4) is 0 Å². The second-order valence-electron chi connectivity index (χ2n) is 5.83. The molecule has 25 heavy (non-hydrogen) atoms. The first kappa shape index (κ1) is 15.3. The van der Waals surface area contributed by atoms with Gasteiger partial charge < -0.3 is 19.8 Å². The molecule has 0 saturated heterocycles. The number of urea groups is 1. The van der Waals surface area contributed by atoms with E-state index in [1.54, 1.807) is 24.3 Å². The Kier molecular flexibility index (Phi) is 3.85. The van der Waals surface area contributed by atoms with Crippen LogP contribution >= 0.6 is 0 Å². The van der Waals surface area contributed by atoms with E-state index in [1.807, 2.05) is 24.3 Å². The average molecular weight is 336 g/mol. The quantitative estimate of drug-likeness (QED) is 0.703. The Bertz CT molecular complexity index is 996. The molecule has 0 fully saturated rings. The molecule has 1 aliphatic heterocycles.